The van der Waals surface area contributed by atoms with E-state index in [1.54, 1.807) is 6.92 Å². The second-order valence-corrected chi connectivity index (χ2v) is 5.73. The molecule has 1 heterocycles. The van der Waals surface area contributed by atoms with E-state index in [0.717, 1.165) is 17.9 Å². The van der Waals surface area contributed by atoms with Crippen molar-refractivity contribution in [1.82, 2.24) is 4.98 Å². The van der Waals surface area contributed by atoms with Gasteiger partial charge < -0.3 is 10.0 Å². The van der Waals surface area contributed by atoms with Crippen LogP contribution in [0.25, 0.3) is 0 Å². The van der Waals surface area contributed by atoms with Gasteiger partial charge in [0.15, 0.2) is 0 Å². The van der Waals surface area contributed by atoms with E-state index in [4.69, 9.17) is 0 Å². The van der Waals surface area contributed by atoms with E-state index in [2.05, 4.69) is 23.7 Å². The van der Waals surface area contributed by atoms with Crippen LogP contribution >= 0.6 is 0 Å². The number of aliphatic hydroxyl groups excluding tert-OH is 1. The Morgan fingerprint density at radius 1 is 1.39 bits per heavy atom. The summed E-state index contributed by atoms with van der Waals surface area (Å²) in [7, 11) is 0. The molecule has 0 amide bonds. The number of hydrogen-bond acceptors (Lipinski definition) is 3. The zero-order valence-electron chi connectivity index (χ0n) is 11.6. The Balaban J connectivity index is 2.12. The average molecular weight is 248 g/mol. The van der Waals surface area contributed by atoms with Crippen LogP contribution in [0.2, 0.25) is 0 Å². The molecule has 1 aromatic heterocycles. The predicted octanol–water partition coefficient (Wildman–Crippen LogP) is 3.15. The first-order valence-corrected chi connectivity index (χ1v) is 6.98. The Kier molecular flexibility index (Phi) is 4.23. The van der Waals surface area contributed by atoms with E-state index in [0.29, 0.717) is 12.0 Å². The van der Waals surface area contributed by atoms with E-state index in [1.165, 1.54) is 19.3 Å². The molecule has 0 radical (unpaired) electrons. The van der Waals surface area contributed by atoms with Crippen LogP contribution < -0.4 is 4.90 Å². The second kappa shape index (κ2) is 5.70. The summed E-state index contributed by atoms with van der Waals surface area (Å²) in [5, 5.41) is 9.66. The molecule has 1 aliphatic carbocycles. The summed E-state index contributed by atoms with van der Waals surface area (Å²) in [6.07, 6.45) is 5.13. The summed E-state index contributed by atoms with van der Waals surface area (Å²) in [4.78, 5) is 6.88. The van der Waals surface area contributed by atoms with Gasteiger partial charge in [0.2, 0.25) is 0 Å². The Morgan fingerprint density at radius 3 is 2.67 bits per heavy atom. The second-order valence-electron chi connectivity index (χ2n) is 5.73. The quantitative estimate of drug-likeness (QED) is 0.840. The van der Waals surface area contributed by atoms with Crippen molar-refractivity contribution in [2.45, 2.75) is 52.2 Å². The van der Waals surface area contributed by atoms with Gasteiger partial charge in [0.1, 0.15) is 5.82 Å². The van der Waals surface area contributed by atoms with Crippen molar-refractivity contribution in [2.24, 2.45) is 5.92 Å². The maximum Gasteiger partial charge on any atom is 0.129 e. The highest BCUT2D eigenvalue weighted by Gasteiger charge is 2.29. The first kappa shape index (κ1) is 13.3. The average Bonchev–Trinajstić information content (AvgIpc) is 3.14. The van der Waals surface area contributed by atoms with Gasteiger partial charge in [0.05, 0.1) is 6.10 Å². The molecule has 0 aromatic carbocycles. The molecule has 1 saturated carbocycles. The number of anilines is 1. The first-order chi connectivity index (χ1) is 8.58. The molecule has 1 N–H and O–H groups in total. The summed E-state index contributed by atoms with van der Waals surface area (Å²) < 4.78 is 0. The lowest BCUT2D eigenvalue weighted by atomic mass is 10.1. The van der Waals surface area contributed by atoms with Crippen LogP contribution in [-0.4, -0.2) is 22.7 Å². The fourth-order valence-corrected chi connectivity index (χ4v) is 2.12. The molecular formula is C15H24N2O. The highest BCUT2D eigenvalue weighted by Crippen LogP contribution is 2.32. The van der Waals surface area contributed by atoms with E-state index in [9.17, 15) is 5.11 Å². The summed E-state index contributed by atoms with van der Waals surface area (Å²) >= 11 is 0. The Hall–Kier alpha value is -1.09. The molecule has 0 bridgehead atoms. The lowest BCUT2D eigenvalue weighted by molar-refractivity contribution is 0.199. The van der Waals surface area contributed by atoms with Crippen LogP contribution in [0.4, 0.5) is 5.82 Å². The monoisotopic (exact) mass is 248 g/mol. The molecule has 1 aromatic rings. The molecular weight excluding hydrogens is 224 g/mol. The van der Waals surface area contributed by atoms with Gasteiger partial charge in [-0.25, -0.2) is 4.98 Å². The van der Waals surface area contributed by atoms with Crippen LogP contribution in [0, 0.1) is 5.92 Å². The number of nitrogens with zero attached hydrogens (tertiary/aromatic N) is 2. The number of aromatic nitrogens is 1. The fraction of sp³-hybridized carbons (Fsp3) is 0.667. The number of aliphatic hydroxyl groups is 1. The molecule has 1 aliphatic rings. The van der Waals surface area contributed by atoms with Crippen LogP contribution in [0.3, 0.4) is 0 Å². The SMILES string of the molecule is CC(C)CCN(c1cc(C(C)O)ccn1)C1CC1. The minimum absolute atomic E-state index is 0.419. The van der Waals surface area contributed by atoms with Gasteiger partial charge in [0, 0.05) is 18.8 Å². The summed E-state index contributed by atoms with van der Waals surface area (Å²) in [6.45, 7) is 7.38. The van der Waals surface area contributed by atoms with Gasteiger partial charge in [-0.1, -0.05) is 13.8 Å². The van der Waals surface area contributed by atoms with Crippen molar-refractivity contribution in [3.8, 4) is 0 Å². The number of rotatable bonds is 6. The molecule has 3 nitrogen and oxygen atoms in total. The summed E-state index contributed by atoms with van der Waals surface area (Å²) in [5.41, 5.74) is 0.954. The van der Waals surface area contributed by atoms with Crippen LogP contribution in [0.1, 0.15) is 51.7 Å². The van der Waals surface area contributed by atoms with E-state index in [1.807, 2.05) is 18.3 Å². The molecule has 1 atom stereocenters. The van der Waals surface area contributed by atoms with E-state index in [-0.39, 0.29) is 0 Å². The molecule has 2 rings (SSSR count). The predicted molar refractivity (Wildman–Crippen MR) is 74.7 cm³/mol. The Bertz CT molecular complexity index is 386. The largest absolute Gasteiger partial charge is 0.389 e. The van der Waals surface area contributed by atoms with Crippen molar-refractivity contribution in [3.05, 3.63) is 23.9 Å². The molecule has 0 aliphatic heterocycles. The van der Waals surface area contributed by atoms with Crippen molar-refractivity contribution < 1.29 is 5.11 Å². The lowest BCUT2D eigenvalue weighted by Crippen LogP contribution is -2.28. The molecule has 3 heteroatoms. The minimum atomic E-state index is -0.419. The third-order valence-corrected chi connectivity index (χ3v) is 3.48. The maximum absolute atomic E-state index is 9.66. The zero-order valence-corrected chi connectivity index (χ0v) is 11.6. The minimum Gasteiger partial charge on any atom is -0.389 e. The summed E-state index contributed by atoms with van der Waals surface area (Å²) in [6, 6.07) is 4.59. The van der Waals surface area contributed by atoms with Crippen LogP contribution in [0.5, 0.6) is 0 Å². The van der Waals surface area contributed by atoms with Crippen LogP contribution in [0.15, 0.2) is 18.3 Å². The van der Waals surface area contributed by atoms with Gasteiger partial charge in [-0.05, 0) is 49.8 Å². The summed E-state index contributed by atoms with van der Waals surface area (Å²) in [5.74, 6) is 1.74. The van der Waals surface area contributed by atoms with Crippen molar-refractivity contribution >= 4 is 5.82 Å². The number of hydrogen-bond donors (Lipinski definition) is 1. The lowest BCUT2D eigenvalue weighted by Gasteiger charge is -2.25. The van der Waals surface area contributed by atoms with E-state index >= 15 is 0 Å². The smallest absolute Gasteiger partial charge is 0.129 e. The Labute approximate surface area is 110 Å². The van der Waals surface area contributed by atoms with Gasteiger partial charge in [-0.2, -0.15) is 0 Å². The van der Waals surface area contributed by atoms with Crippen molar-refractivity contribution in [2.75, 3.05) is 11.4 Å². The van der Waals surface area contributed by atoms with Crippen molar-refractivity contribution in [3.63, 3.8) is 0 Å². The number of pyridine rings is 1. The van der Waals surface area contributed by atoms with Gasteiger partial charge in [0.25, 0.3) is 0 Å². The zero-order chi connectivity index (χ0) is 13.1. The third kappa shape index (κ3) is 3.45. The molecule has 1 fully saturated rings. The standard InChI is InChI=1S/C15H24N2O/c1-11(2)7-9-17(14-4-5-14)15-10-13(12(3)18)6-8-16-15/h6,8,10-12,14,18H,4-5,7,9H2,1-3H3. The maximum atomic E-state index is 9.66. The normalized spacial score (nSPS) is 16.9. The fourth-order valence-electron chi connectivity index (χ4n) is 2.12. The third-order valence-electron chi connectivity index (χ3n) is 3.48. The van der Waals surface area contributed by atoms with E-state index < -0.39 is 6.10 Å². The molecule has 0 saturated heterocycles. The molecule has 18 heavy (non-hydrogen) atoms. The highest BCUT2D eigenvalue weighted by molar-refractivity contribution is 5.44. The molecule has 0 spiro atoms. The first-order valence-electron chi connectivity index (χ1n) is 6.98. The highest BCUT2D eigenvalue weighted by atomic mass is 16.3. The van der Waals surface area contributed by atoms with Gasteiger partial charge in [-0.15, -0.1) is 0 Å². The van der Waals surface area contributed by atoms with Crippen LogP contribution in [-0.2, 0) is 0 Å². The molecule has 1 unspecified atom stereocenters. The molecule has 100 valence electrons. The van der Waals surface area contributed by atoms with Crippen molar-refractivity contribution in [1.29, 1.82) is 0 Å². The van der Waals surface area contributed by atoms with Gasteiger partial charge in [-0.3, -0.25) is 0 Å². The van der Waals surface area contributed by atoms with Gasteiger partial charge >= 0.3 is 0 Å². The topological polar surface area (TPSA) is 36.4 Å². The Morgan fingerprint density at radius 2 is 2.11 bits per heavy atom.